The van der Waals surface area contributed by atoms with E-state index in [1.165, 1.54) is 18.4 Å². The molecule has 7 heteroatoms. The van der Waals surface area contributed by atoms with Gasteiger partial charge in [-0.1, -0.05) is 6.07 Å². The first-order valence-electron chi connectivity index (χ1n) is 9.15. The van der Waals surface area contributed by atoms with Crippen LogP contribution in [0.1, 0.15) is 31.7 Å². The minimum atomic E-state index is 0. The summed E-state index contributed by atoms with van der Waals surface area (Å²) in [6.07, 6.45) is 4.59. The van der Waals surface area contributed by atoms with Gasteiger partial charge in [0.25, 0.3) is 0 Å². The van der Waals surface area contributed by atoms with E-state index in [4.69, 9.17) is 14.2 Å². The number of nitrogens with zero attached hydrogens (tertiary/aromatic N) is 1. The molecule has 0 saturated heterocycles. The molecule has 6 nitrogen and oxygen atoms in total. The third-order valence-corrected chi connectivity index (χ3v) is 4.94. The normalized spacial score (nSPS) is 16.8. The fourth-order valence-corrected chi connectivity index (χ4v) is 3.04. The van der Waals surface area contributed by atoms with Crippen LogP contribution in [-0.2, 0) is 11.2 Å². The number of aliphatic imine (C=N–C) groups is 1. The molecule has 0 atom stereocenters. The number of ether oxygens (including phenoxy) is 3. The summed E-state index contributed by atoms with van der Waals surface area (Å²) in [5, 5.41) is 6.85. The summed E-state index contributed by atoms with van der Waals surface area (Å²) in [6.45, 7) is 5.80. The molecule has 0 bridgehead atoms. The van der Waals surface area contributed by atoms with E-state index in [1.807, 2.05) is 26.1 Å². The van der Waals surface area contributed by atoms with Crippen LogP contribution < -0.4 is 20.1 Å². The Labute approximate surface area is 173 Å². The lowest BCUT2D eigenvalue weighted by Crippen LogP contribution is -2.41. The van der Waals surface area contributed by atoms with Crippen LogP contribution in [-0.4, -0.2) is 46.1 Å². The van der Waals surface area contributed by atoms with Crippen LogP contribution >= 0.6 is 24.0 Å². The van der Waals surface area contributed by atoms with Crippen molar-refractivity contribution < 1.29 is 14.2 Å². The number of nitrogens with one attached hydrogen (secondary N) is 2. The molecular weight excluding hydrogens is 445 g/mol. The van der Waals surface area contributed by atoms with E-state index >= 15 is 0 Å². The molecule has 0 radical (unpaired) electrons. The van der Waals surface area contributed by atoms with E-state index in [0.717, 1.165) is 56.6 Å². The summed E-state index contributed by atoms with van der Waals surface area (Å²) in [7, 11) is 1.82. The van der Waals surface area contributed by atoms with Crippen molar-refractivity contribution >= 4 is 29.9 Å². The molecule has 146 valence electrons. The van der Waals surface area contributed by atoms with Gasteiger partial charge in [-0.15, -0.1) is 24.0 Å². The molecule has 1 saturated carbocycles. The Morgan fingerprint density at radius 2 is 2.04 bits per heavy atom. The molecule has 0 amide bonds. The summed E-state index contributed by atoms with van der Waals surface area (Å²) in [4.78, 5) is 4.32. The van der Waals surface area contributed by atoms with Crippen molar-refractivity contribution in [3.8, 4) is 11.5 Å². The number of hydrogen-bond donors (Lipinski definition) is 2. The van der Waals surface area contributed by atoms with Crippen molar-refractivity contribution in [3.05, 3.63) is 23.8 Å². The summed E-state index contributed by atoms with van der Waals surface area (Å²) in [5.74, 6) is 2.53. The first kappa shape index (κ1) is 21.1. The number of rotatable bonds is 9. The topological polar surface area (TPSA) is 64.1 Å². The monoisotopic (exact) mass is 475 g/mol. The van der Waals surface area contributed by atoms with Crippen LogP contribution in [0.2, 0.25) is 0 Å². The molecule has 0 aromatic heterocycles. The van der Waals surface area contributed by atoms with E-state index in [2.05, 4.69) is 21.7 Å². The van der Waals surface area contributed by atoms with Gasteiger partial charge in [-0.05, 0) is 55.7 Å². The quantitative estimate of drug-likeness (QED) is 0.249. The first-order chi connectivity index (χ1) is 12.2. The van der Waals surface area contributed by atoms with Gasteiger partial charge in [0.2, 0.25) is 6.79 Å². The Morgan fingerprint density at radius 3 is 2.77 bits per heavy atom. The maximum absolute atomic E-state index is 5.50. The maximum atomic E-state index is 5.50. The van der Waals surface area contributed by atoms with Crippen molar-refractivity contribution in [3.63, 3.8) is 0 Å². The van der Waals surface area contributed by atoms with Gasteiger partial charge in [-0.3, -0.25) is 4.99 Å². The van der Waals surface area contributed by atoms with E-state index < -0.39 is 0 Å². The zero-order valence-corrected chi connectivity index (χ0v) is 18.0. The molecule has 1 aromatic carbocycles. The standard InChI is InChI=1S/C19H29N3O3.HI/c1-3-23-11-9-19(7-8-19)13-22-18(20-2)21-10-6-15-4-5-16-17(12-15)25-14-24-16;/h4-5,12H,3,6-11,13-14H2,1-2H3,(H2,20,21,22);1H. The highest BCUT2D eigenvalue weighted by Gasteiger charge is 2.41. The number of fused-ring (bicyclic) bond motifs is 1. The SMILES string of the molecule is CCOCCC1(CNC(=NC)NCCc2ccc3c(c2)OCO3)CC1.I. The van der Waals surface area contributed by atoms with Gasteiger partial charge in [0.1, 0.15) is 0 Å². The molecule has 1 fully saturated rings. The highest BCUT2D eigenvalue weighted by molar-refractivity contribution is 14.0. The Balaban J connectivity index is 0.00000243. The molecular formula is C19H30IN3O3. The molecule has 2 aliphatic rings. The summed E-state index contributed by atoms with van der Waals surface area (Å²) in [6, 6.07) is 6.10. The van der Waals surface area contributed by atoms with Gasteiger partial charge in [-0.25, -0.2) is 0 Å². The molecule has 2 N–H and O–H groups in total. The Bertz CT molecular complexity index is 606. The fourth-order valence-electron chi connectivity index (χ4n) is 3.04. The lowest BCUT2D eigenvalue weighted by atomic mass is 10.0. The number of hydrogen-bond acceptors (Lipinski definition) is 4. The van der Waals surface area contributed by atoms with Crippen LogP contribution in [0, 0.1) is 5.41 Å². The summed E-state index contributed by atoms with van der Waals surface area (Å²) in [5.41, 5.74) is 1.63. The van der Waals surface area contributed by atoms with Gasteiger partial charge in [0, 0.05) is 33.4 Å². The molecule has 26 heavy (non-hydrogen) atoms. The van der Waals surface area contributed by atoms with Gasteiger partial charge < -0.3 is 24.8 Å². The van der Waals surface area contributed by atoms with Crippen LogP contribution in [0.4, 0.5) is 0 Å². The molecule has 0 spiro atoms. The van der Waals surface area contributed by atoms with E-state index in [1.54, 1.807) is 0 Å². The van der Waals surface area contributed by atoms with Gasteiger partial charge in [-0.2, -0.15) is 0 Å². The van der Waals surface area contributed by atoms with E-state index in [9.17, 15) is 0 Å². The smallest absolute Gasteiger partial charge is 0.231 e. The van der Waals surface area contributed by atoms with Crippen molar-refractivity contribution in [1.82, 2.24) is 10.6 Å². The average molecular weight is 475 g/mol. The summed E-state index contributed by atoms with van der Waals surface area (Å²) >= 11 is 0. The second-order valence-corrected chi connectivity index (χ2v) is 6.74. The maximum Gasteiger partial charge on any atom is 0.231 e. The first-order valence-corrected chi connectivity index (χ1v) is 9.15. The molecule has 1 aromatic rings. The number of halogens is 1. The highest BCUT2D eigenvalue weighted by Crippen LogP contribution is 2.48. The van der Waals surface area contributed by atoms with Gasteiger partial charge >= 0.3 is 0 Å². The van der Waals surface area contributed by atoms with E-state index in [0.29, 0.717) is 12.2 Å². The zero-order chi connectivity index (χ0) is 17.5. The molecule has 1 aliphatic heterocycles. The zero-order valence-electron chi connectivity index (χ0n) is 15.7. The molecule has 1 aliphatic carbocycles. The molecule has 3 rings (SSSR count). The van der Waals surface area contributed by atoms with Gasteiger partial charge in [0.15, 0.2) is 17.5 Å². The Hall–Kier alpha value is -1.22. The van der Waals surface area contributed by atoms with Crippen molar-refractivity contribution in [2.75, 3.05) is 40.1 Å². The second-order valence-electron chi connectivity index (χ2n) is 6.74. The number of guanidine groups is 1. The van der Waals surface area contributed by atoms with Crippen molar-refractivity contribution in [2.24, 2.45) is 10.4 Å². The van der Waals surface area contributed by atoms with Crippen LogP contribution in [0.15, 0.2) is 23.2 Å². The van der Waals surface area contributed by atoms with Crippen LogP contribution in [0.25, 0.3) is 0 Å². The molecule has 0 unspecified atom stereocenters. The minimum Gasteiger partial charge on any atom is -0.454 e. The Morgan fingerprint density at radius 1 is 1.23 bits per heavy atom. The highest BCUT2D eigenvalue weighted by atomic mass is 127. The average Bonchev–Trinajstić information content (AvgIpc) is 3.24. The summed E-state index contributed by atoms with van der Waals surface area (Å²) < 4.78 is 16.3. The third kappa shape index (κ3) is 5.90. The predicted octanol–water partition coefficient (Wildman–Crippen LogP) is 2.95. The second kappa shape index (κ2) is 10.2. The largest absolute Gasteiger partial charge is 0.454 e. The minimum absolute atomic E-state index is 0. The van der Waals surface area contributed by atoms with E-state index in [-0.39, 0.29) is 24.0 Å². The number of benzene rings is 1. The lowest BCUT2D eigenvalue weighted by molar-refractivity contribution is 0.128. The van der Waals surface area contributed by atoms with Crippen LogP contribution in [0.5, 0.6) is 11.5 Å². The Kier molecular flexibility index (Phi) is 8.27. The lowest BCUT2D eigenvalue weighted by Gasteiger charge is -2.18. The predicted molar refractivity (Wildman–Crippen MR) is 114 cm³/mol. The van der Waals surface area contributed by atoms with Crippen molar-refractivity contribution in [2.45, 2.75) is 32.6 Å². The van der Waals surface area contributed by atoms with Crippen LogP contribution in [0.3, 0.4) is 0 Å². The van der Waals surface area contributed by atoms with Gasteiger partial charge in [0.05, 0.1) is 0 Å². The van der Waals surface area contributed by atoms with Crippen molar-refractivity contribution in [1.29, 1.82) is 0 Å². The third-order valence-electron chi connectivity index (χ3n) is 4.94. The molecule has 1 heterocycles. The fraction of sp³-hybridized carbons (Fsp3) is 0.632.